The van der Waals surface area contributed by atoms with Gasteiger partial charge in [0, 0.05) is 18.2 Å². The van der Waals surface area contributed by atoms with Gasteiger partial charge in [-0.25, -0.2) is 4.39 Å². The van der Waals surface area contributed by atoms with E-state index in [1.165, 1.54) is 0 Å². The van der Waals surface area contributed by atoms with E-state index in [2.05, 4.69) is 19.2 Å². The first-order chi connectivity index (χ1) is 6.52. The molecule has 0 saturated carbocycles. The van der Waals surface area contributed by atoms with Gasteiger partial charge in [0.05, 0.1) is 5.02 Å². The Morgan fingerprint density at radius 2 is 2.21 bits per heavy atom. The van der Waals surface area contributed by atoms with Crippen molar-refractivity contribution in [1.29, 1.82) is 0 Å². The minimum Gasteiger partial charge on any atom is -0.309 e. The van der Waals surface area contributed by atoms with Crippen molar-refractivity contribution < 1.29 is 4.39 Å². The Morgan fingerprint density at radius 1 is 1.50 bits per heavy atom. The molecule has 1 aliphatic heterocycles. The van der Waals surface area contributed by atoms with Crippen LogP contribution < -0.4 is 5.32 Å². The van der Waals surface area contributed by atoms with Gasteiger partial charge in [-0.05, 0) is 11.5 Å². The molecule has 0 aromatic heterocycles. The molecule has 0 spiro atoms. The fourth-order valence-corrected chi connectivity index (χ4v) is 2.07. The van der Waals surface area contributed by atoms with E-state index in [4.69, 9.17) is 11.6 Å². The molecule has 1 aliphatic rings. The maximum Gasteiger partial charge on any atom is 0.146 e. The quantitative estimate of drug-likeness (QED) is 0.756. The monoisotopic (exact) mass is 213 g/mol. The molecule has 1 fully saturated rings. The predicted octanol–water partition coefficient (Wildman–Crippen LogP) is 3.15. The van der Waals surface area contributed by atoms with Gasteiger partial charge < -0.3 is 5.32 Å². The Labute approximate surface area is 88.3 Å². The third-order valence-corrected chi connectivity index (χ3v) is 3.13. The minimum atomic E-state index is -0.292. The van der Waals surface area contributed by atoms with Crippen LogP contribution in [0.4, 0.5) is 4.39 Å². The SMILES string of the molecule is CC1(C)CNC1c1cccc(Cl)c1F. The Balaban J connectivity index is 2.38. The van der Waals surface area contributed by atoms with E-state index in [1.807, 2.05) is 0 Å². The number of hydrogen-bond donors (Lipinski definition) is 1. The summed E-state index contributed by atoms with van der Waals surface area (Å²) in [6, 6.07) is 5.24. The second kappa shape index (κ2) is 3.21. The van der Waals surface area contributed by atoms with Crippen LogP contribution in [0.25, 0.3) is 0 Å². The van der Waals surface area contributed by atoms with Crippen molar-refractivity contribution in [3.05, 3.63) is 34.6 Å². The summed E-state index contributed by atoms with van der Waals surface area (Å²) in [5, 5.41) is 3.42. The first kappa shape index (κ1) is 9.94. The van der Waals surface area contributed by atoms with Crippen molar-refractivity contribution in [1.82, 2.24) is 5.32 Å². The van der Waals surface area contributed by atoms with Crippen molar-refractivity contribution in [2.45, 2.75) is 19.9 Å². The fourth-order valence-electron chi connectivity index (χ4n) is 1.89. The van der Waals surface area contributed by atoms with Gasteiger partial charge in [0.25, 0.3) is 0 Å². The van der Waals surface area contributed by atoms with Crippen LogP contribution in [0, 0.1) is 11.2 Å². The van der Waals surface area contributed by atoms with Crippen LogP contribution in [0.2, 0.25) is 5.02 Å². The number of benzene rings is 1. The molecule has 1 nitrogen and oxygen atoms in total. The molecule has 3 heteroatoms. The maximum absolute atomic E-state index is 13.6. The molecule has 1 atom stereocenters. The van der Waals surface area contributed by atoms with Crippen LogP contribution in [0.1, 0.15) is 25.5 Å². The lowest BCUT2D eigenvalue weighted by Gasteiger charge is -2.46. The standard InChI is InChI=1S/C11H13ClFN/c1-11(2)6-14-10(11)7-4-3-5-8(12)9(7)13/h3-5,10,14H,6H2,1-2H3. The van der Waals surface area contributed by atoms with Crippen molar-refractivity contribution >= 4 is 11.6 Å². The first-order valence-corrected chi connectivity index (χ1v) is 5.07. The number of rotatable bonds is 1. The molecule has 0 aliphatic carbocycles. The number of halogens is 2. The highest BCUT2D eigenvalue weighted by Gasteiger charge is 2.40. The van der Waals surface area contributed by atoms with Crippen LogP contribution in [0.5, 0.6) is 0 Å². The summed E-state index contributed by atoms with van der Waals surface area (Å²) < 4.78 is 13.6. The molecule has 1 heterocycles. The summed E-state index contributed by atoms with van der Waals surface area (Å²) in [5.74, 6) is -0.292. The zero-order valence-electron chi connectivity index (χ0n) is 8.27. The number of nitrogens with one attached hydrogen (secondary N) is 1. The molecular formula is C11H13ClFN. The van der Waals surface area contributed by atoms with Gasteiger partial charge in [0.1, 0.15) is 5.82 Å². The molecule has 1 saturated heterocycles. The lowest BCUT2D eigenvalue weighted by molar-refractivity contribution is 0.125. The molecule has 1 N–H and O–H groups in total. The lowest BCUT2D eigenvalue weighted by atomic mass is 9.74. The van der Waals surface area contributed by atoms with Crippen molar-refractivity contribution in [2.75, 3.05) is 6.54 Å². The zero-order valence-corrected chi connectivity index (χ0v) is 9.03. The summed E-state index contributed by atoms with van der Waals surface area (Å²) in [7, 11) is 0. The van der Waals surface area contributed by atoms with Gasteiger partial charge in [-0.1, -0.05) is 37.6 Å². The molecule has 1 aromatic carbocycles. The van der Waals surface area contributed by atoms with Crippen LogP contribution in [0.3, 0.4) is 0 Å². The predicted molar refractivity (Wildman–Crippen MR) is 55.9 cm³/mol. The molecule has 0 radical (unpaired) electrons. The Morgan fingerprint density at radius 3 is 2.71 bits per heavy atom. The fraction of sp³-hybridized carbons (Fsp3) is 0.455. The molecule has 1 unspecified atom stereocenters. The van der Waals surface area contributed by atoms with Gasteiger partial charge in [0.15, 0.2) is 0 Å². The molecule has 1 aromatic rings. The van der Waals surface area contributed by atoms with E-state index < -0.39 is 0 Å². The largest absolute Gasteiger partial charge is 0.309 e. The van der Waals surface area contributed by atoms with Crippen LogP contribution >= 0.6 is 11.6 Å². The topological polar surface area (TPSA) is 12.0 Å². The Bertz CT molecular complexity index is 362. The lowest BCUT2D eigenvalue weighted by Crippen LogP contribution is -2.52. The first-order valence-electron chi connectivity index (χ1n) is 4.70. The molecule has 76 valence electrons. The number of hydrogen-bond acceptors (Lipinski definition) is 1. The van der Waals surface area contributed by atoms with Crippen LogP contribution in [-0.4, -0.2) is 6.54 Å². The van der Waals surface area contributed by atoms with E-state index in [0.29, 0.717) is 5.56 Å². The Kier molecular flexibility index (Phi) is 2.28. The molecular weight excluding hydrogens is 201 g/mol. The molecule has 0 amide bonds. The van der Waals surface area contributed by atoms with Gasteiger partial charge >= 0.3 is 0 Å². The molecule has 14 heavy (non-hydrogen) atoms. The summed E-state index contributed by atoms with van der Waals surface area (Å²) >= 11 is 5.73. The van der Waals surface area contributed by atoms with Crippen LogP contribution in [-0.2, 0) is 0 Å². The van der Waals surface area contributed by atoms with Crippen molar-refractivity contribution in [3.8, 4) is 0 Å². The molecule has 0 bridgehead atoms. The van der Waals surface area contributed by atoms with Gasteiger partial charge in [0.2, 0.25) is 0 Å². The van der Waals surface area contributed by atoms with E-state index in [9.17, 15) is 4.39 Å². The summed E-state index contributed by atoms with van der Waals surface area (Å²) in [4.78, 5) is 0. The average Bonchev–Trinajstić information content (AvgIpc) is 2.11. The highest BCUT2D eigenvalue weighted by atomic mass is 35.5. The van der Waals surface area contributed by atoms with Gasteiger partial charge in [-0.2, -0.15) is 0 Å². The van der Waals surface area contributed by atoms with E-state index in [1.54, 1.807) is 18.2 Å². The second-order valence-corrected chi connectivity index (χ2v) is 4.85. The maximum atomic E-state index is 13.6. The Hall–Kier alpha value is -0.600. The van der Waals surface area contributed by atoms with Crippen LogP contribution in [0.15, 0.2) is 18.2 Å². The highest BCUT2D eigenvalue weighted by Crippen LogP contribution is 2.41. The summed E-state index contributed by atoms with van der Waals surface area (Å²) in [6.07, 6.45) is 0. The third-order valence-electron chi connectivity index (χ3n) is 2.84. The van der Waals surface area contributed by atoms with Gasteiger partial charge in [-0.3, -0.25) is 0 Å². The normalized spacial score (nSPS) is 24.4. The third kappa shape index (κ3) is 1.43. The molecule has 2 rings (SSSR count). The van der Waals surface area contributed by atoms with Crippen molar-refractivity contribution in [3.63, 3.8) is 0 Å². The average molecular weight is 214 g/mol. The van der Waals surface area contributed by atoms with E-state index in [-0.39, 0.29) is 22.3 Å². The summed E-state index contributed by atoms with van der Waals surface area (Å²) in [5.41, 5.74) is 0.791. The second-order valence-electron chi connectivity index (χ2n) is 4.45. The van der Waals surface area contributed by atoms with E-state index in [0.717, 1.165) is 6.54 Å². The smallest absolute Gasteiger partial charge is 0.146 e. The van der Waals surface area contributed by atoms with Crippen molar-refractivity contribution in [2.24, 2.45) is 5.41 Å². The highest BCUT2D eigenvalue weighted by molar-refractivity contribution is 6.30. The minimum absolute atomic E-state index is 0.0844. The van der Waals surface area contributed by atoms with Gasteiger partial charge in [-0.15, -0.1) is 0 Å². The van der Waals surface area contributed by atoms with E-state index >= 15 is 0 Å². The summed E-state index contributed by atoms with van der Waals surface area (Å²) in [6.45, 7) is 5.16. The zero-order chi connectivity index (χ0) is 10.3.